The van der Waals surface area contributed by atoms with Crippen molar-refractivity contribution >= 4 is 23.3 Å². The average molecular weight is 414 g/mol. The number of fused-ring (bicyclic) bond motifs is 1. The van der Waals surface area contributed by atoms with Crippen molar-refractivity contribution in [2.45, 2.75) is 11.8 Å². The molecule has 0 heterocycles. The van der Waals surface area contributed by atoms with Crippen molar-refractivity contribution < 1.29 is 19.6 Å². The van der Waals surface area contributed by atoms with Crippen LogP contribution in [-0.2, 0) is 9.59 Å². The predicted molar refractivity (Wildman–Crippen MR) is 113 cm³/mol. The number of aliphatic carboxylic acids is 1. The number of benzene rings is 3. The molecule has 31 heavy (non-hydrogen) atoms. The van der Waals surface area contributed by atoms with Gasteiger partial charge in [0, 0.05) is 29.7 Å². The average Bonchev–Trinajstić information content (AvgIpc) is 2.78. The van der Waals surface area contributed by atoms with Crippen LogP contribution in [0, 0.1) is 22.0 Å². The van der Waals surface area contributed by atoms with E-state index in [1.54, 1.807) is 6.07 Å². The zero-order valence-corrected chi connectivity index (χ0v) is 16.3. The maximum Gasteiger partial charge on any atom is 0.308 e. The molecule has 7 nitrogen and oxygen atoms in total. The Kier molecular flexibility index (Phi) is 4.32. The van der Waals surface area contributed by atoms with Gasteiger partial charge in [-0.3, -0.25) is 19.7 Å². The van der Waals surface area contributed by atoms with E-state index in [-0.39, 0.29) is 11.4 Å². The van der Waals surface area contributed by atoms with Gasteiger partial charge in [-0.1, -0.05) is 54.6 Å². The van der Waals surface area contributed by atoms with Crippen molar-refractivity contribution in [3.05, 3.63) is 105 Å². The summed E-state index contributed by atoms with van der Waals surface area (Å²) in [4.78, 5) is 36.4. The number of nitrogens with zero attached hydrogens (tertiary/aromatic N) is 1. The van der Waals surface area contributed by atoms with Gasteiger partial charge in [-0.2, -0.15) is 0 Å². The van der Waals surface area contributed by atoms with Crippen LogP contribution in [0.15, 0.2) is 72.8 Å². The molecule has 0 radical (unpaired) electrons. The largest absolute Gasteiger partial charge is 0.481 e. The third-order valence-corrected chi connectivity index (χ3v) is 6.35. The Morgan fingerprint density at radius 1 is 0.806 bits per heavy atom. The first-order chi connectivity index (χ1) is 15.0. The van der Waals surface area contributed by atoms with Gasteiger partial charge in [-0.05, 0) is 28.3 Å². The highest BCUT2D eigenvalue weighted by Gasteiger charge is 2.55. The number of non-ortho nitro benzene ring substituents is 1. The third kappa shape index (κ3) is 2.89. The Morgan fingerprint density at radius 2 is 1.32 bits per heavy atom. The molecular formula is C24H18N2O5. The number of nitro groups is 1. The Labute approximate surface area is 177 Å². The molecule has 0 fully saturated rings. The summed E-state index contributed by atoms with van der Waals surface area (Å²) < 4.78 is 0. The first-order valence-electron chi connectivity index (χ1n) is 9.93. The summed E-state index contributed by atoms with van der Waals surface area (Å²) in [7, 11) is 0. The second kappa shape index (κ2) is 7.05. The van der Waals surface area contributed by atoms with Crippen LogP contribution in [0.3, 0.4) is 0 Å². The Balaban J connectivity index is 1.61. The minimum absolute atomic E-state index is 0.145. The number of nitro benzene ring substituents is 1. The lowest BCUT2D eigenvalue weighted by Crippen LogP contribution is -2.48. The summed E-state index contributed by atoms with van der Waals surface area (Å²) in [6.07, 6.45) is 0. The molecule has 0 aromatic heterocycles. The van der Waals surface area contributed by atoms with Gasteiger partial charge in [0.1, 0.15) is 0 Å². The van der Waals surface area contributed by atoms with Crippen molar-refractivity contribution in [3.63, 3.8) is 0 Å². The fourth-order valence-corrected chi connectivity index (χ4v) is 5.21. The number of carbonyl (C=O) groups excluding carboxylic acids is 1. The van der Waals surface area contributed by atoms with Crippen molar-refractivity contribution in [1.29, 1.82) is 0 Å². The highest BCUT2D eigenvalue weighted by atomic mass is 16.6. The normalized spacial score (nSPS) is 22.8. The lowest BCUT2D eigenvalue weighted by atomic mass is 9.54. The van der Waals surface area contributed by atoms with Crippen LogP contribution in [0.5, 0.6) is 0 Å². The maximum atomic E-state index is 13.4. The number of hydrogen-bond donors (Lipinski definition) is 2. The lowest BCUT2D eigenvalue weighted by Gasteiger charge is -2.48. The molecule has 2 unspecified atom stereocenters. The number of nitrogens with one attached hydrogen (secondary N) is 1. The van der Waals surface area contributed by atoms with Crippen molar-refractivity contribution in [1.82, 2.24) is 0 Å². The van der Waals surface area contributed by atoms with Crippen molar-refractivity contribution in [3.8, 4) is 0 Å². The summed E-state index contributed by atoms with van der Waals surface area (Å²) in [6.45, 7) is 0. The fraction of sp³-hybridized carbons (Fsp3) is 0.167. The molecule has 0 saturated heterocycles. The molecule has 2 atom stereocenters. The smallest absolute Gasteiger partial charge is 0.308 e. The highest BCUT2D eigenvalue weighted by Crippen LogP contribution is 2.58. The summed E-state index contributed by atoms with van der Waals surface area (Å²) in [5, 5.41) is 24.0. The highest BCUT2D eigenvalue weighted by molar-refractivity contribution is 5.98. The summed E-state index contributed by atoms with van der Waals surface area (Å²) in [5.41, 5.74) is 3.93. The molecule has 6 rings (SSSR count). The molecule has 3 aliphatic carbocycles. The van der Waals surface area contributed by atoms with E-state index in [1.807, 2.05) is 48.5 Å². The molecule has 3 aromatic carbocycles. The van der Waals surface area contributed by atoms with Gasteiger partial charge >= 0.3 is 5.97 Å². The quantitative estimate of drug-likeness (QED) is 0.493. The van der Waals surface area contributed by atoms with Crippen LogP contribution in [0.25, 0.3) is 0 Å². The third-order valence-electron chi connectivity index (χ3n) is 6.35. The first-order valence-corrected chi connectivity index (χ1v) is 9.93. The predicted octanol–water partition coefficient (Wildman–Crippen LogP) is 4.14. The van der Waals surface area contributed by atoms with E-state index in [9.17, 15) is 24.8 Å². The molecule has 0 saturated carbocycles. The maximum absolute atomic E-state index is 13.4. The van der Waals surface area contributed by atoms with Crippen LogP contribution in [-0.4, -0.2) is 21.9 Å². The molecule has 3 aromatic rings. The molecule has 3 aliphatic rings. The summed E-state index contributed by atoms with van der Waals surface area (Å²) >= 11 is 0. The van der Waals surface area contributed by atoms with Crippen molar-refractivity contribution in [2.24, 2.45) is 11.8 Å². The number of carboxylic acid groups (broad SMARTS) is 1. The second-order valence-corrected chi connectivity index (χ2v) is 7.90. The summed E-state index contributed by atoms with van der Waals surface area (Å²) in [6, 6.07) is 21.0. The lowest BCUT2D eigenvalue weighted by molar-refractivity contribution is -0.384. The van der Waals surface area contributed by atoms with Crippen LogP contribution in [0.2, 0.25) is 0 Å². The standard InChI is InChI=1S/C24H18N2O5/c27-23(25-13-6-5-7-14(12-13)26(30)31)21-19-15-8-1-3-10-17(15)20(22(21)24(28)29)18-11-4-2-9-16(18)19/h1-12,19-22H,(H,25,27)(H,28,29). The summed E-state index contributed by atoms with van der Waals surface area (Å²) in [5.74, 6) is -4.10. The van der Waals surface area contributed by atoms with E-state index in [1.165, 1.54) is 18.2 Å². The van der Waals surface area contributed by atoms with E-state index in [2.05, 4.69) is 5.32 Å². The van der Waals surface area contributed by atoms with E-state index < -0.39 is 40.5 Å². The number of amides is 1. The zero-order valence-electron chi connectivity index (χ0n) is 16.3. The van der Waals surface area contributed by atoms with Gasteiger partial charge in [0.2, 0.25) is 5.91 Å². The Hall–Kier alpha value is -4.00. The molecule has 0 spiro atoms. The van der Waals surface area contributed by atoms with E-state index in [4.69, 9.17) is 0 Å². The van der Waals surface area contributed by atoms with Gasteiger partial charge in [-0.15, -0.1) is 0 Å². The number of anilines is 1. The molecule has 2 bridgehead atoms. The van der Waals surface area contributed by atoms with Crippen LogP contribution >= 0.6 is 0 Å². The van der Waals surface area contributed by atoms with Gasteiger partial charge < -0.3 is 10.4 Å². The molecule has 0 aliphatic heterocycles. The number of rotatable bonds is 4. The van der Waals surface area contributed by atoms with Crippen molar-refractivity contribution in [2.75, 3.05) is 5.32 Å². The minimum atomic E-state index is -1.03. The van der Waals surface area contributed by atoms with Gasteiger partial charge in [0.05, 0.1) is 16.8 Å². The zero-order chi connectivity index (χ0) is 21.7. The van der Waals surface area contributed by atoms with Gasteiger partial charge in [0.25, 0.3) is 5.69 Å². The van der Waals surface area contributed by atoms with Gasteiger partial charge in [0.15, 0.2) is 0 Å². The molecular weight excluding hydrogens is 396 g/mol. The second-order valence-electron chi connectivity index (χ2n) is 7.90. The number of carboxylic acids is 1. The SMILES string of the molecule is O=C(O)C1C2c3ccccc3C(c3ccccc32)C1C(=O)Nc1cccc([N+](=O)[O-])c1. The Morgan fingerprint density at radius 3 is 1.81 bits per heavy atom. The fourth-order valence-electron chi connectivity index (χ4n) is 5.21. The number of hydrogen-bond acceptors (Lipinski definition) is 4. The minimum Gasteiger partial charge on any atom is -0.481 e. The monoisotopic (exact) mass is 414 g/mol. The van der Waals surface area contributed by atoms with E-state index in [0.29, 0.717) is 0 Å². The van der Waals surface area contributed by atoms with Gasteiger partial charge in [-0.25, -0.2) is 0 Å². The van der Waals surface area contributed by atoms with Crippen LogP contribution < -0.4 is 5.32 Å². The first kappa shape index (κ1) is 19.0. The number of carbonyl (C=O) groups is 2. The van der Waals surface area contributed by atoms with Crippen LogP contribution in [0.4, 0.5) is 11.4 Å². The molecule has 1 amide bonds. The molecule has 7 heteroatoms. The topological polar surface area (TPSA) is 110 Å². The van der Waals surface area contributed by atoms with E-state index >= 15 is 0 Å². The molecule has 154 valence electrons. The van der Waals surface area contributed by atoms with Crippen LogP contribution in [0.1, 0.15) is 34.1 Å². The Bertz CT molecular complexity index is 1190. The molecule has 2 N–H and O–H groups in total. The van der Waals surface area contributed by atoms with E-state index in [0.717, 1.165) is 22.3 Å².